The zero-order chi connectivity index (χ0) is 21.3. The van der Waals surface area contributed by atoms with Crippen LogP contribution in [0.25, 0.3) is 21.6 Å². The van der Waals surface area contributed by atoms with Crippen molar-refractivity contribution in [2.45, 2.75) is 19.9 Å². The largest absolute Gasteiger partial charge is 0.497 e. The highest BCUT2D eigenvalue weighted by atomic mass is 32.1. The lowest BCUT2D eigenvalue weighted by atomic mass is 10.1. The standard InChI is InChI=1S/C22H22N4O3S/c1-13(2)26-21-16(12-23-26)15(11-18(24-21)20-6-5-9-30-20)22(27)25-17-10-14(28-3)7-8-19(17)29-4/h5-13H,1-4H3,(H,25,27). The Kier molecular flexibility index (Phi) is 5.41. The molecule has 0 bridgehead atoms. The molecule has 3 heterocycles. The van der Waals surface area contributed by atoms with Gasteiger partial charge in [0, 0.05) is 12.1 Å². The minimum atomic E-state index is -0.268. The average molecular weight is 423 g/mol. The summed E-state index contributed by atoms with van der Waals surface area (Å²) in [5, 5.41) is 10.1. The first-order chi connectivity index (χ1) is 14.5. The van der Waals surface area contributed by atoms with Crippen molar-refractivity contribution in [2.24, 2.45) is 0 Å². The maximum Gasteiger partial charge on any atom is 0.256 e. The summed E-state index contributed by atoms with van der Waals surface area (Å²) in [4.78, 5) is 19.1. The minimum absolute atomic E-state index is 0.114. The van der Waals surface area contributed by atoms with Gasteiger partial charge < -0.3 is 14.8 Å². The zero-order valence-electron chi connectivity index (χ0n) is 17.2. The van der Waals surface area contributed by atoms with Crippen LogP contribution in [0.5, 0.6) is 11.5 Å². The van der Waals surface area contributed by atoms with Crippen molar-refractivity contribution in [1.82, 2.24) is 14.8 Å². The molecule has 1 aromatic carbocycles. The van der Waals surface area contributed by atoms with Crippen LogP contribution in [0, 0.1) is 0 Å². The number of fused-ring (bicyclic) bond motifs is 1. The molecule has 1 amide bonds. The number of hydrogen-bond acceptors (Lipinski definition) is 6. The minimum Gasteiger partial charge on any atom is -0.497 e. The first kappa shape index (κ1) is 19.9. The highest BCUT2D eigenvalue weighted by molar-refractivity contribution is 7.13. The number of pyridine rings is 1. The number of rotatable bonds is 6. The fourth-order valence-corrected chi connectivity index (χ4v) is 3.92. The third-order valence-electron chi connectivity index (χ3n) is 4.73. The predicted molar refractivity (Wildman–Crippen MR) is 119 cm³/mol. The van der Waals surface area contributed by atoms with E-state index in [-0.39, 0.29) is 11.9 Å². The third kappa shape index (κ3) is 3.61. The second-order valence-electron chi connectivity index (χ2n) is 6.97. The van der Waals surface area contributed by atoms with Gasteiger partial charge in [-0.15, -0.1) is 11.3 Å². The van der Waals surface area contributed by atoms with Crippen LogP contribution >= 0.6 is 11.3 Å². The molecule has 0 saturated heterocycles. The van der Waals surface area contributed by atoms with E-state index < -0.39 is 0 Å². The van der Waals surface area contributed by atoms with Crippen molar-refractivity contribution in [2.75, 3.05) is 19.5 Å². The molecule has 0 unspecified atom stereocenters. The van der Waals surface area contributed by atoms with E-state index in [1.54, 1.807) is 50.0 Å². The molecule has 0 saturated carbocycles. The number of anilines is 1. The van der Waals surface area contributed by atoms with Gasteiger partial charge in [-0.1, -0.05) is 6.07 Å². The van der Waals surface area contributed by atoms with E-state index in [4.69, 9.17) is 14.5 Å². The zero-order valence-corrected chi connectivity index (χ0v) is 18.0. The van der Waals surface area contributed by atoms with Gasteiger partial charge in [0.2, 0.25) is 0 Å². The Morgan fingerprint density at radius 1 is 1.17 bits per heavy atom. The van der Waals surface area contributed by atoms with Crippen molar-refractivity contribution in [3.8, 4) is 22.1 Å². The summed E-state index contributed by atoms with van der Waals surface area (Å²) in [6.07, 6.45) is 1.69. The molecule has 8 heteroatoms. The van der Waals surface area contributed by atoms with Crippen LogP contribution in [0.1, 0.15) is 30.2 Å². The Morgan fingerprint density at radius 3 is 2.67 bits per heavy atom. The molecule has 4 rings (SSSR count). The maximum atomic E-state index is 13.3. The number of nitrogens with one attached hydrogen (secondary N) is 1. The van der Waals surface area contributed by atoms with Crippen LogP contribution in [0.4, 0.5) is 5.69 Å². The number of hydrogen-bond donors (Lipinski definition) is 1. The van der Waals surface area contributed by atoms with Gasteiger partial charge >= 0.3 is 0 Å². The maximum absolute atomic E-state index is 13.3. The van der Waals surface area contributed by atoms with E-state index in [0.29, 0.717) is 33.8 Å². The SMILES string of the molecule is COc1ccc(OC)c(NC(=O)c2cc(-c3cccs3)nc3c2cnn3C(C)C)c1. The summed E-state index contributed by atoms with van der Waals surface area (Å²) in [6.45, 7) is 4.07. The van der Waals surface area contributed by atoms with Crippen molar-refractivity contribution in [1.29, 1.82) is 0 Å². The molecule has 4 aromatic rings. The normalized spacial score (nSPS) is 11.1. The van der Waals surface area contributed by atoms with Gasteiger partial charge in [0.25, 0.3) is 5.91 Å². The second-order valence-corrected chi connectivity index (χ2v) is 7.92. The predicted octanol–water partition coefficient (Wildman–Crippen LogP) is 5.01. The molecule has 154 valence electrons. The molecule has 30 heavy (non-hydrogen) atoms. The molecule has 0 aliphatic carbocycles. The number of thiophene rings is 1. The van der Waals surface area contributed by atoms with Gasteiger partial charge in [-0.05, 0) is 43.5 Å². The van der Waals surface area contributed by atoms with Crippen LogP contribution in [-0.2, 0) is 0 Å². The molecule has 7 nitrogen and oxygen atoms in total. The summed E-state index contributed by atoms with van der Waals surface area (Å²) in [6, 6.07) is 11.1. The number of benzene rings is 1. The summed E-state index contributed by atoms with van der Waals surface area (Å²) in [5.74, 6) is 0.902. The van der Waals surface area contributed by atoms with Gasteiger partial charge in [0.05, 0.1) is 47.6 Å². The molecule has 0 atom stereocenters. The molecule has 0 fully saturated rings. The van der Waals surface area contributed by atoms with E-state index in [9.17, 15) is 4.79 Å². The van der Waals surface area contributed by atoms with E-state index in [2.05, 4.69) is 10.4 Å². The molecular weight excluding hydrogens is 400 g/mol. The molecule has 0 spiro atoms. The van der Waals surface area contributed by atoms with Gasteiger partial charge in [0.1, 0.15) is 11.5 Å². The van der Waals surface area contributed by atoms with Crippen LogP contribution in [0.3, 0.4) is 0 Å². The van der Waals surface area contributed by atoms with Crippen molar-refractivity contribution < 1.29 is 14.3 Å². The Bertz CT molecular complexity index is 1200. The third-order valence-corrected chi connectivity index (χ3v) is 5.62. The smallest absolute Gasteiger partial charge is 0.256 e. The number of amides is 1. The van der Waals surface area contributed by atoms with Crippen LogP contribution in [0.15, 0.2) is 48.0 Å². The lowest BCUT2D eigenvalue weighted by Crippen LogP contribution is -2.14. The van der Waals surface area contributed by atoms with E-state index >= 15 is 0 Å². The van der Waals surface area contributed by atoms with Crippen LogP contribution in [0.2, 0.25) is 0 Å². The number of nitrogens with zero attached hydrogens (tertiary/aromatic N) is 3. The van der Waals surface area contributed by atoms with Crippen molar-refractivity contribution in [3.05, 3.63) is 53.5 Å². The first-order valence-electron chi connectivity index (χ1n) is 9.47. The van der Waals surface area contributed by atoms with Crippen LogP contribution in [-0.4, -0.2) is 34.9 Å². The number of ether oxygens (including phenoxy) is 2. The van der Waals surface area contributed by atoms with E-state index in [1.165, 1.54) is 0 Å². The van der Waals surface area contributed by atoms with Gasteiger partial charge in [0.15, 0.2) is 5.65 Å². The van der Waals surface area contributed by atoms with E-state index in [1.807, 2.05) is 42.1 Å². The molecule has 1 N–H and O–H groups in total. The Balaban J connectivity index is 1.83. The van der Waals surface area contributed by atoms with Gasteiger partial charge in [-0.25, -0.2) is 9.67 Å². The van der Waals surface area contributed by atoms with Crippen molar-refractivity contribution in [3.63, 3.8) is 0 Å². The quantitative estimate of drug-likeness (QED) is 0.473. The summed E-state index contributed by atoms with van der Waals surface area (Å²) in [5.41, 5.74) is 2.45. The number of carbonyl (C=O) groups excluding carboxylic acids is 1. The van der Waals surface area contributed by atoms with Gasteiger partial charge in [-0.3, -0.25) is 4.79 Å². The number of carbonyl (C=O) groups is 1. The lowest BCUT2D eigenvalue weighted by Gasteiger charge is -2.13. The lowest BCUT2D eigenvalue weighted by molar-refractivity contribution is 0.102. The summed E-state index contributed by atoms with van der Waals surface area (Å²) < 4.78 is 12.5. The summed E-state index contributed by atoms with van der Waals surface area (Å²) >= 11 is 1.58. The van der Waals surface area contributed by atoms with Crippen molar-refractivity contribution >= 4 is 34.0 Å². The average Bonchev–Trinajstić information content (AvgIpc) is 3.42. The monoisotopic (exact) mass is 422 g/mol. The van der Waals surface area contributed by atoms with Crippen LogP contribution < -0.4 is 14.8 Å². The van der Waals surface area contributed by atoms with Gasteiger partial charge in [-0.2, -0.15) is 5.10 Å². The Labute approximate surface area is 178 Å². The highest BCUT2D eigenvalue weighted by Gasteiger charge is 2.20. The fraction of sp³-hybridized carbons (Fsp3) is 0.227. The van der Waals surface area contributed by atoms with E-state index in [0.717, 1.165) is 10.6 Å². The number of methoxy groups -OCH3 is 2. The number of aromatic nitrogens is 3. The first-order valence-corrected chi connectivity index (χ1v) is 10.3. The Morgan fingerprint density at radius 2 is 2.00 bits per heavy atom. The summed E-state index contributed by atoms with van der Waals surface area (Å²) in [7, 11) is 3.14. The molecule has 0 aliphatic rings. The highest BCUT2D eigenvalue weighted by Crippen LogP contribution is 2.32. The molecule has 0 aliphatic heterocycles. The Hall–Kier alpha value is -3.39. The molecule has 3 aromatic heterocycles. The molecule has 0 radical (unpaired) electrons. The topological polar surface area (TPSA) is 78.3 Å². The molecular formula is C22H22N4O3S. The fourth-order valence-electron chi connectivity index (χ4n) is 3.24. The second kappa shape index (κ2) is 8.16.